The number of hydrogen-bond acceptors (Lipinski definition) is 3. The van der Waals surface area contributed by atoms with Crippen LogP contribution >= 0.6 is 0 Å². The van der Waals surface area contributed by atoms with Gasteiger partial charge in [0, 0.05) is 12.1 Å². The highest BCUT2D eigenvalue weighted by molar-refractivity contribution is 5.73. The molecule has 1 heterocycles. The van der Waals surface area contributed by atoms with Crippen molar-refractivity contribution in [1.82, 2.24) is 0 Å². The van der Waals surface area contributed by atoms with E-state index >= 15 is 0 Å². The third-order valence-electron chi connectivity index (χ3n) is 3.02. The summed E-state index contributed by atoms with van der Waals surface area (Å²) in [7, 11) is 0. The van der Waals surface area contributed by atoms with Crippen molar-refractivity contribution < 1.29 is 9.13 Å². The molecule has 1 aliphatic heterocycles. The van der Waals surface area contributed by atoms with Gasteiger partial charge in [-0.25, -0.2) is 4.39 Å². The first-order chi connectivity index (χ1) is 8.74. The number of nitrogen functional groups attached to an aromatic ring is 1. The number of nitrogens with one attached hydrogen (secondary N) is 1. The van der Waals surface area contributed by atoms with Crippen molar-refractivity contribution in [3.05, 3.63) is 47.8 Å². The molecule has 0 spiro atoms. The maximum atomic E-state index is 13.3. The predicted octanol–water partition coefficient (Wildman–Crippen LogP) is 3.09. The van der Waals surface area contributed by atoms with Gasteiger partial charge in [-0.2, -0.15) is 0 Å². The van der Waals surface area contributed by atoms with Crippen molar-refractivity contribution in [2.45, 2.75) is 6.42 Å². The van der Waals surface area contributed by atoms with Crippen LogP contribution in [-0.4, -0.2) is 6.61 Å². The quantitative estimate of drug-likeness (QED) is 0.798. The summed E-state index contributed by atoms with van der Waals surface area (Å²) in [6.45, 7) is 0.723. The molecular formula is C14H13FN2O. The number of benzene rings is 2. The molecule has 3 rings (SSSR count). The maximum absolute atomic E-state index is 13.3. The highest BCUT2D eigenvalue weighted by atomic mass is 19.1. The molecular weight excluding hydrogens is 231 g/mol. The van der Waals surface area contributed by atoms with E-state index in [9.17, 15) is 4.39 Å². The summed E-state index contributed by atoms with van der Waals surface area (Å²) in [6.07, 6.45) is 0.906. The van der Waals surface area contributed by atoms with Crippen molar-refractivity contribution in [3.63, 3.8) is 0 Å². The molecule has 4 heteroatoms. The summed E-state index contributed by atoms with van der Waals surface area (Å²) in [4.78, 5) is 0. The van der Waals surface area contributed by atoms with Crippen LogP contribution in [0, 0.1) is 5.82 Å². The van der Waals surface area contributed by atoms with E-state index in [1.54, 1.807) is 12.1 Å². The fourth-order valence-electron chi connectivity index (χ4n) is 2.07. The summed E-state index contributed by atoms with van der Waals surface area (Å²) >= 11 is 0. The Morgan fingerprint density at radius 2 is 2.11 bits per heavy atom. The van der Waals surface area contributed by atoms with E-state index in [0.717, 1.165) is 30.0 Å². The molecule has 2 aromatic carbocycles. The van der Waals surface area contributed by atoms with E-state index in [-0.39, 0.29) is 5.69 Å². The Labute approximate surface area is 104 Å². The number of halogens is 1. The van der Waals surface area contributed by atoms with Crippen molar-refractivity contribution in [1.29, 1.82) is 0 Å². The molecule has 3 N–H and O–H groups in total. The Morgan fingerprint density at radius 3 is 3.00 bits per heavy atom. The average molecular weight is 244 g/mol. The standard InChI is InChI=1S/C14H13FN2O/c15-11-2-1-3-12(14(11)16)17-10-4-5-13-9(8-10)6-7-18-13/h1-5,8,17H,6-7,16H2. The minimum Gasteiger partial charge on any atom is -0.493 e. The van der Waals surface area contributed by atoms with Gasteiger partial charge >= 0.3 is 0 Å². The van der Waals surface area contributed by atoms with Crippen LogP contribution in [0.1, 0.15) is 5.56 Å². The number of anilines is 3. The first-order valence-corrected chi connectivity index (χ1v) is 5.81. The topological polar surface area (TPSA) is 47.3 Å². The highest BCUT2D eigenvalue weighted by Crippen LogP contribution is 2.31. The summed E-state index contributed by atoms with van der Waals surface area (Å²) in [5.41, 5.74) is 8.44. The molecule has 0 aliphatic carbocycles. The second-order valence-electron chi connectivity index (χ2n) is 4.25. The Bertz CT molecular complexity index is 598. The van der Waals surface area contributed by atoms with Crippen LogP contribution in [0.4, 0.5) is 21.5 Å². The molecule has 0 fully saturated rings. The van der Waals surface area contributed by atoms with Crippen LogP contribution in [0.3, 0.4) is 0 Å². The minimum atomic E-state index is -0.413. The molecule has 0 unspecified atom stereocenters. The van der Waals surface area contributed by atoms with Crippen LogP contribution < -0.4 is 15.8 Å². The van der Waals surface area contributed by atoms with E-state index in [0.29, 0.717) is 5.69 Å². The molecule has 0 bridgehead atoms. The molecule has 0 atom stereocenters. The zero-order chi connectivity index (χ0) is 12.5. The second kappa shape index (κ2) is 4.22. The van der Waals surface area contributed by atoms with E-state index in [1.165, 1.54) is 6.07 Å². The Balaban J connectivity index is 1.90. The molecule has 1 aliphatic rings. The summed E-state index contributed by atoms with van der Waals surface area (Å²) in [5.74, 6) is 0.511. The lowest BCUT2D eigenvalue weighted by Gasteiger charge is -2.10. The first-order valence-electron chi connectivity index (χ1n) is 5.81. The van der Waals surface area contributed by atoms with Crippen LogP contribution in [0.2, 0.25) is 0 Å². The number of ether oxygens (including phenoxy) is 1. The number of rotatable bonds is 2. The van der Waals surface area contributed by atoms with Gasteiger partial charge in [-0.1, -0.05) is 6.07 Å². The minimum absolute atomic E-state index is 0.134. The van der Waals surface area contributed by atoms with Gasteiger partial charge in [-0.05, 0) is 35.9 Å². The van der Waals surface area contributed by atoms with Crippen molar-refractivity contribution >= 4 is 17.1 Å². The lowest BCUT2D eigenvalue weighted by molar-refractivity contribution is 0.357. The molecule has 0 saturated carbocycles. The van der Waals surface area contributed by atoms with E-state index < -0.39 is 5.82 Å². The van der Waals surface area contributed by atoms with Gasteiger partial charge in [0.15, 0.2) is 0 Å². The highest BCUT2D eigenvalue weighted by Gasteiger charge is 2.12. The lowest BCUT2D eigenvalue weighted by atomic mass is 10.1. The van der Waals surface area contributed by atoms with E-state index in [4.69, 9.17) is 10.5 Å². The van der Waals surface area contributed by atoms with Crippen LogP contribution in [-0.2, 0) is 6.42 Å². The summed E-state index contributed by atoms with van der Waals surface area (Å²) in [6, 6.07) is 10.5. The Hall–Kier alpha value is -2.23. The van der Waals surface area contributed by atoms with Crippen molar-refractivity contribution in [3.8, 4) is 5.75 Å². The smallest absolute Gasteiger partial charge is 0.148 e. The number of para-hydroxylation sites is 1. The van der Waals surface area contributed by atoms with Gasteiger partial charge in [0.2, 0.25) is 0 Å². The molecule has 0 amide bonds. The monoisotopic (exact) mass is 244 g/mol. The zero-order valence-corrected chi connectivity index (χ0v) is 9.74. The fourth-order valence-corrected chi connectivity index (χ4v) is 2.07. The van der Waals surface area contributed by atoms with Gasteiger partial charge < -0.3 is 15.8 Å². The van der Waals surface area contributed by atoms with Gasteiger partial charge in [0.25, 0.3) is 0 Å². The maximum Gasteiger partial charge on any atom is 0.148 e. The fraction of sp³-hybridized carbons (Fsp3) is 0.143. The summed E-state index contributed by atoms with van der Waals surface area (Å²) in [5, 5.41) is 3.12. The van der Waals surface area contributed by atoms with Crippen molar-refractivity contribution in [2.75, 3.05) is 17.7 Å². The summed E-state index contributed by atoms with van der Waals surface area (Å²) < 4.78 is 18.8. The number of nitrogens with two attached hydrogens (primary N) is 1. The molecule has 2 aromatic rings. The van der Waals surface area contributed by atoms with Crippen LogP contribution in [0.5, 0.6) is 5.75 Å². The van der Waals surface area contributed by atoms with Gasteiger partial charge in [0.1, 0.15) is 11.6 Å². The molecule has 3 nitrogen and oxygen atoms in total. The predicted molar refractivity (Wildman–Crippen MR) is 69.7 cm³/mol. The average Bonchev–Trinajstić information content (AvgIpc) is 2.82. The molecule has 0 aromatic heterocycles. The Kier molecular flexibility index (Phi) is 2.55. The second-order valence-corrected chi connectivity index (χ2v) is 4.25. The normalized spacial score (nSPS) is 12.9. The number of hydrogen-bond donors (Lipinski definition) is 2. The van der Waals surface area contributed by atoms with E-state index in [1.807, 2.05) is 18.2 Å². The molecule has 0 saturated heterocycles. The van der Waals surface area contributed by atoms with Gasteiger partial charge in [0.05, 0.1) is 18.0 Å². The molecule has 0 radical (unpaired) electrons. The largest absolute Gasteiger partial charge is 0.493 e. The zero-order valence-electron chi connectivity index (χ0n) is 9.74. The van der Waals surface area contributed by atoms with Gasteiger partial charge in [-0.15, -0.1) is 0 Å². The lowest BCUT2D eigenvalue weighted by Crippen LogP contribution is -1.98. The van der Waals surface area contributed by atoms with E-state index in [2.05, 4.69) is 5.32 Å². The van der Waals surface area contributed by atoms with Crippen LogP contribution in [0.25, 0.3) is 0 Å². The number of fused-ring (bicyclic) bond motifs is 1. The first kappa shape index (κ1) is 10.9. The third kappa shape index (κ3) is 1.86. The van der Waals surface area contributed by atoms with Crippen molar-refractivity contribution in [2.24, 2.45) is 0 Å². The van der Waals surface area contributed by atoms with Gasteiger partial charge in [-0.3, -0.25) is 0 Å². The third-order valence-corrected chi connectivity index (χ3v) is 3.02. The SMILES string of the molecule is Nc1c(F)cccc1Nc1ccc2c(c1)CCO2. The Morgan fingerprint density at radius 1 is 1.22 bits per heavy atom. The molecule has 18 heavy (non-hydrogen) atoms. The van der Waals surface area contributed by atoms with Crippen LogP contribution in [0.15, 0.2) is 36.4 Å². The molecule has 92 valence electrons.